The summed E-state index contributed by atoms with van der Waals surface area (Å²) >= 11 is 2.96. The van der Waals surface area contributed by atoms with E-state index in [1.165, 1.54) is 16.8 Å². The van der Waals surface area contributed by atoms with Crippen LogP contribution in [0.4, 0.5) is 0 Å². The SMILES string of the molecule is O=C(O)/C=C/Cn1cc(Br)c(=O)[nH]c1=O. The van der Waals surface area contributed by atoms with E-state index in [0.717, 1.165) is 6.08 Å². The first-order valence-corrected chi connectivity index (χ1v) is 4.68. The highest BCUT2D eigenvalue weighted by molar-refractivity contribution is 9.10. The van der Waals surface area contributed by atoms with Gasteiger partial charge in [0.1, 0.15) is 0 Å². The zero-order valence-corrected chi connectivity index (χ0v) is 9.02. The predicted octanol–water partition coefficient (Wildman–Crippen LogP) is -0.0601. The van der Waals surface area contributed by atoms with Gasteiger partial charge < -0.3 is 5.11 Å². The van der Waals surface area contributed by atoms with Crippen LogP contribution in [0, 0.1) is 0 Å². The molecule has 80 valence electrons. The van der Waals surface area contributed by atoms with Crippen LogP contribution in [-0.4, -0.2) is 20.6 Å². The molecule has 0 spiro atoms. The fraction of sp³-hybridized carbons (Fsp3) is 0.125. The maximum atomic E-state index is 11.2. The molecule has 6 nitrogen and oxygen atoms in total. The number of nitrogens with zero attached hydrogens (tertiary/aromatic N) is 1. The van der Waals surface area contributed by atoms with Crippen molar-refractivity contribution in [3.8, 4) is 0 Å². The fourth-order valence-corrected chi connectivity index (χ4v) is 1.23. The average Bonchev–Trinajstić information content (AvgIpc) is 2.13. The normalized spacial score (nSPS) is 10.7. The number of nitrogens with one attached hydrogen (secondary N) is 1. The average molecular weight is 275 g/mol. The van der Waals surface area contributed by atoms with E-state index < -0.39 is 17.2 Å². The lowest BCUT2D eigenvalue weighted by molar-refractivity contribution is -0.131. The molecule has 0 atom stereocenters. The maximum absolute atomic E-state index is 11.2. The zero-order valence-electron chi connectivity index (χ0n) is 7.44. The number of allylic oxidation sites excluding steroid dienone is 1. The summed E-state index contributed by atoms with van der Waals surface area (Å²) in [7, 11) is 0. The van der Waals surface area contributed by atoms with E-state index in [4.69, 9.17) is 5.11 Å². The second-order valence-corrected chi connectivity index (χ2v) is 3.48. The van der Waals surface area contributed by atoms with E-state index in [9.17, 15) is 14.4 Å². The smallest absolute Gasteiger partial charge is 0.328 e. The van der Waals surface area contributed by atoms with Crippen molar-refractivity contribution in [2.24, 2.45) is 0 Å². The van der Waals surface area contributed by atoms with Crippen molar-refractivity contribution in [1.82, 2.24) is 9.55 Å². The first-order chi connectivity index (χ1) is 7.00. The Labute approximate surface area is 92.0 Å². The number of carboxylic acids is 1. The Bertz CT molecular complexity index is 514. The molecular formula is C8H7BrN2O4. The van der Waals surface area contributed by atoms with Crippen molar-refractivity contribution < 1.29 is 9.90 Å². The standard InChI is InChI=1S/C8H7BrN2O4/c9-5-4-11(3-1-2-6(12)13)8(15)10-7(5)14/h1-2,4H,3H2,(H,12,13)(H,10,14,15)/b2-1+. The summed E-state index contributed by atoms with van der Waals surface area (Å²) in [5.74, 6) is -1.09. The van der Waals surface area contributed by atoms with Gasteiger partial charge in [0, 0.05) is 18.8 Å². The van der Waals surface area contributed by atoms with Crippen molar-refractivity contribution >= 4 is 21.9 Å². The van der Waals surface area contributed by atoms with Gasteiger partial charge in [-0.3, -0.25) is 14.3 Å². The Hall–Kier alpha value is -1.63. The van der Waals surface area contributed by atoms with E-state index in [2.05, 4.69) is 20.9 Å². The van der Waals surface area contributed by atoms with Gasteiger partial charge in [-0.05, 0) is 15.9 Å². The summed E-state index contributed by atoms with van der Waals surface area (Å²) in [6.07, 6.45) is 3.52. The summed E-state index contributed by atoms with van der Waals surface area (Å²) in [6, 6.07) is 0. The van der Waals surface area contributed by atoms with Gasteiger partial charge in [-0.15, -0.1) is 0 Å². The second-order valence-electron chi connectivity index (χ2n) is 2.63. The van der Waals surface area contributed by atoms with Crippen LogP contribution < -0.4 is 11.2 Å². The van der Waals surface area contributed by atoms with Crippen LogP contribution in [-0.2, 0) is 11.3 Å². The fourth-order valence-electron chi connectivity index (χ4n) is 0.885. The summed E-state index contributed by atoms with van der Waals surface area (Å²) in [5.41, 5.74) is -1.10. The molecule has 0 aliphatic heterocycles. The lowest BCUT2D eigenvalue weighted by atomic mass is 10.5. The molecule has 2 N–H and O–H groups in total. The Morgan fingerprint density at radius 2 is 2.27 bits per heavy atom. The molecule has 0 aromatic carbocycles. The zero-order chi connectivity index (χ0) is 11.4. The molecule has 0 saturated heterocycles. The van der Waals surface area contributed by atoms with Crippen molar-refractivity contribution in [2.75, 3.05) is 0 Å². The number of hydrogen-bond donors (Lipinski definition) is 2. The summed E-state index contributed by atoms with van der Waals surface area (Å²) in [5, 5.41) is 8.32. The third kappa shape index (κ3) is 3.21. The topological polar surface area (TPSA) is 92.2 Å². The van der Waals surface area contributed by atoms with Gasteiger partial charge in [-0.25, -0.2) is 9.59 Å². The van der Waals surface area contributed by atoms with Crippen molar-refractivity contribution in [3.63, 3.8) is 0 Å². The number of aromatic amines is 1. The van der Waals surface area contributed by atoms with Gasteiger partial charge >= 0.3 is 11.7 Å². The van der Waals surface area contributed by atoms with Crippen LogP contribution in [0.3, 0.4) is 0 Å². The van der Waals surface area contributed by atoms with Crippen LogP contribution in [0.5, 0.6) is 0 Å². The molecule has 7 heteroatoms. The Balaban J connectivity index is 2.97. The first kappa shape index (κ1) is 11.4. The molecule has 1 heterocycles. The van der Waals surface area contributed by atoms with Crippen molar-refractivity contribution in [1.29, 1.82) is 0 Å². The van der Waals surface area contributed by atoms with Gasteiger partial charge in [0.15, 0.2) is 0 Å². The summed E-state index contributed by atoms with van der Waals surface area (Å²) in [6.45, 7) is 0.0838. The molecule has 1 aromatic rings. The van der Waals surface area contributed by atoms with Crippen LogP contribution in [0.25, 0.3) is 0 Å². The van der Waals surface area contributed by atoms with Crippen molar-refractivity contribution in [3.05, 3.63) is 43.7 Å². The third-order valence-corrected chi connectivity index (χ3v) is 2.09. The number of halogens is 1. The van der Waals surface area contributed by atoms with E-state index in [1.807, 2.05) is 0 Å². The molecule has 0 radical (unpaired) electrons. The van der Waals surface area contributed by atoms with Crippen molar-refractivity contribution in [2.45, 2.75) is 6.54 Å². The lowest BCUT2D eigenvalue weighted by Crippen LogP contribution is -2.29. The molecule has 1 rings (SSSR count). The van der Waals surface area contributed by atoms with Gasteiger partial charge in [-0.1, -0.05) is 6.08 Å². The molecule has 0 fully saturated rings. The number of carboxylic acid groups (broad SMARTS) is 1. The highest BCUT2D eigenvalue weighted by Gasteiger charge is 1.99. The molecule has 0 saturated carbocycles. The second kappa shape index (κ2) is 4.74. The van der Waals surface area contributed by atoms with E-state index in [-0.39, 0.29) is 11.0 Å². The number of aromatic nitrogens is 2. The third-order valence-electron chi connectivity index (χ3n) is 1.53. The largest absolute Gasteiger partial charge is 0.478 e. The predicted molar refractivity (Wildman–Crippen MR) is 55.8 cm³/mol. The number of rotatable bonds is 3. The van der Waals surface area contributed by atoms with E-state index >= 15 is 0 Å². The minimum absolute atomic E-state index is 0.0838. The molecule has 0 unspecified atom stereocenters. The molecule has 0 amide bonds. The highest BCUT2D eigenvalue weighted by atomic mass is 79.9. The maximum Gasteiger partial charge on any atom is 0.328 e. The summed E-state index contributed by atoms with van der Waals surface area (Å²) in [4.78, 5) is 34.3. The molecule has 0 aliphatic carbocycles. The number of aliphatic carboxylic acids is 1. The molecule has 1 aromatic heterocycles. The molecule has 15 heavy (non-hydrogen) atoms. The van der Waals surface area contributed by atoms with Crippen LogP contribution in [0.1, 0.15) is 0 Å². The van der Waals surface area contributed by atoms with E-state index in [0.29, 0.717) is 0 Å². The minimum atomic E-state index is -1.09. The minimum Gasteiger partial charge on any atom is -0.478 e. The van der Waals surface area contributed by atoms with Gasteiger partial charge in [-0.2, -0.15) is 0 Å². The van der Waals surface area contributed by atoms with Crippen LogP contribution in [0.2, 0.25) is 0 Å². The monoisotopic (exact) mass is 274 g/mol. The Morgan fingerprint density at radius 1 is 1.60 bits per heavy atom. The molecular weight excluding hydrogens is 268 g/mol. The quantitative estimate of drug-likeness (QED) is 0.756. The Morgan fingerprint density at radius 3 is 2.87 bits per heavy atom. The summed E-state index contributed by atoms with van der Waals surface area (Å²) < 4.78 is 1.39. The first-order valence-electron chi connectivity index (χ1n) is 3.89. The lowest BCUT2D eigenvalue weighted by Gasteiger charge is -2.00. The highest BCUT2D eigenvalue weighted by Crippen LogP contribution is 1.97. The van der Waals surface area contributed by atoms with Gasteiger partial charge in [0.05, 0.1) is 4.47 Å². The molecule has 0 aliphatic rings. The number of carbonyl (C=O) groups is 1. The van der Waals surface area contributed by atoms with Gasteiger partial charge in [0.25, 0.3) is 5.56 Å². The van der Waals surface area contributed by atoms with Gasteiger partial charge in [0.2, 0.25) is 0 Å². The number of H-pyrrole nitrogens is 1. The van der Waals surface area contributed by atoms with E-state index in [1.54, 1.807) is 0 Å². The van der Waals surface area contributed by atoms with Crippen LogP contribution in [0.15, 0.2) is 32.4 Å². The Kier molecular flexibility index (Phi) is 3.62. The van der Waals surface area contributed by atoms with Crippen LogP contribution >= 0.6 is 15.9 Å². The number of hydrogen-bond acceptors (Lipinski definition) is 3. The molecule has 0 bridgehead atoms.